The third kappa shape index (κ3) is 4.34. The molecular formula is C17H18O4. The van der Waals surface area contributed by atoms with Crippen molar-refractivity contribution in [2.75, 3.05) is 13.6 Å². The first-order valence-corrected chi connectivity index (χ1v) is 6.59. The van der Waals surface area contributed by atoms with E-state index < -0.39 is 0 Å². The van der Waals surface area contributed by atoms with E-state index in [-0.39, 0.29) is 13.6 Å². The van der Waals surface area contributed by atoms with Crippen LogP contribution in [0.1, 0.15) is 18.1 Å². The quantitative estimate of drug-likeness (QED) is 0.633. The zero-order valence-corrected chi connectivity index (χ0v) is 11.8. The van der Waals surface area contributed by atoms with Gasteiger partial charge in [0.15, 0.2) is 13.6 Å². The van der Waals surface area contributed by atoms with Crippen molar-refractivity contribution < 1.29 is 19.7 Å². The number of allylic oxidation sites excluding steroid dienone is 1. The monoisotopic (exact) mass is 286 g/mol. The first-order valence-electron chi connectivity index (χ1n) is 6.59. The van der Waals surface area contributed by atoms with Gasteiger partial charge in [-0.2, -0.15) is 0 Å². The molecule has 0 aliphatic rings. The molecule has 0 spiro atoms. The van der Waals surface area contributed by atoms with Crippen molar-refractivity contribution in [3.63, 3.8) is 0 Å². The van der Waals surface area contributed by atoms with Crippen LogP contribution in [-0.4, -0.2) is 23.8 Å². The second-order valence-corrected chi connectivity index (χ2v) is 4.47. The normalized spacial score (nSPS) is 11.3. The highest BCUT2D eigenvalue weighted by Gasteiger charge is 1.99. The molecule has 0 unspecified atom stereocenters. The molecule has 0 fully saturated rings. The van der Waals surface area contributed by atoms with E-state index in [2.05, 4.69) is 6.08 Å². The lowest BCUT2D eigenvalue weighted by Gasteiger charge is -2.06. The van der Waals surface area contributed by atoms with Crippen molar-refractivity contribution in [2.24, 2.45) is 0 Å². The van der Waals surface area contributed by atoms with Crippen LogP contribution >= 0.6 is 0 Å². The largest absolute Gasteiger partial charge is 0.468 e. The zero-order chi connectivity index (χ0) is 15.1. The summed E-state index contributed by atoms with van der Waals surface area (Å²) in [7, 11) is 0. The Morgan fingerprint density at radius 2 is 1.33 bits per heavy atom. The molecule has 4 heteroatoms. The molecule has 2 aromatic carbocycles. The summed E-state index contributed by atoms with van der Waals surface area (Å²) in [5, 5.41) is 17.4. The number of aliphatic hydroxyl groups excluding tert-OH is 2. The van der Waals surface area contributed by atoms with Gasteiger partial charge in [-0.05, 0) is 47.9 Å². The molecule has 0 aliphatic carbocycles. The second-order valence-electron chi connectivity index (χ2n) is 4.47. The van der Waals surface area contributed by atoms with Gasteiger partial charge in [0, 0.05) is 0 Å². The average molecular weight is 286 g/mol. The number of aliphatic hydroxyl groups is 2. The van der Waals surface area contributed by atoms with Gasteiger partial charge in [-0.3, -0.25) is 0 Å². The van der Waals surface area contributed by atoms with E-state index in [1.165, 1.54) is 0 Å². The molecule has 0 aromatic heterocycles. The summed E-state index contributed by atoms with van der Waals surface area (Å²) in [5.74, 6) is 1.28. The van der Waals surface area contributed by atoms with Gasteiger partial charge < -0.3 is 19.7 Å². The van der Waals surface area contributed by atoms with E-state index in [9.17, 15) is 0 Å². The summed E-state index contributed by atoms with van der Waals surface area (Å²) in [4.78, 5) is 0. The van der Waals surface area contributed by atoms with E-state index in [0.29, 0.717) is 11.5 Å². The molecule has 0 saturated heterocycles. The van der Waals surface area contributed by atoms with Crippen LogP contribution in [0.3, 0.4) is 0 Å². The summed E-state index contributed by atoms with van der Waals surface area (Å²) in [6.45, 7) is 1.38. The summed E-state index contributed by atoms with van der Waals surface area (Å²) in [6.07, 6.45) is 2.06. The Morgan fingerprint density at radius 1 is 0.857 bits per heavy atom. The zero-order valence-electron chi connectivity index (χ0n) is 11.8. The summed E-state index contributed by atoms with van der Waals surface area (Å²) in [6, 6.07) is 15.0. The Hall–Kier alpha value is -2.30. The van der Waals surface area contributed by atoms with Crippen molar-refractivity contribution in [1.82, 2.24) is 0 Å². The van der Waals surface area contributed by atoms with Crippen LogP contribution in [0.5, 0.6) is 11.5 Å². The summed E-state index contributed by atoms with van der Waals surface area (Å²) in [5.41, 5.74) is 3.24. The smallest absolute Gasteiger partial charge is 0.186 e. The summed E-state index contributed by atoms with van der Waals surface area (Å²) < 4.78 is 9.98. The van der Waals surface area contributed by atoms with Crippen molar-refractivity contribution in [1.29, 1.82) is 0 Å². The maximum Gasteiger partial charge on any atom is 0.186 e. The molecule has 2 rings (SSSR count). The Morgan fingerprint density at radius 3 is 1.81 bits per heavy atom. The Bertz CT molecular complexity index is 585. The Balaban J connectivity index is 2.12. The van der Waals surface area contributed by atoms with Gasteiger partial charge in [0.05, 0.1) is 0 Å². The minimum Gasteiger partial charge on any atom is -0.468 e. The minimum absolute atomic E-state index is 0.323. The van der Waals surface area contributed by atoms with Crippen LogP contribution in [0.2, 0.25) is 0 Å². The minimum atomic E-state index is -0.323. The number of benzene rings is 2. The predicted molar refractivity (Wildman–Crippen MR) is 81.9 cm³/mol. The van der Waals surface area contributed by atoms with Crippen LogP contribution in [0.25, 0.3) is 11.6 Å². The third-order valence-electron chi connectivity index (χ3n) is 3.04. The lowest BCUT2D eigenvalue weighted by atomic mass is 10.0. The van der Waals surface area contributed by atoms with Gasteiger partial charge in [-0.1, -0.05) is 30.3 Å². The fourth-order valence-corrected chi connectivity index (χ4v) is 1.96. The topological polar surface area (TPSA) is 58.9 Å². The highest BCUT2D eigenvalue weighted by Crippen LogP contribution is 2.22. The number of hydrogen-bond donors (Lipinski definition) is 2. The SMILES string of the molecule is C/C(=C\c1ccc(OCO)cc1)c1ccc(OCO)cc1. The molecular weight excluding hydrogens is 268 g/mol. The molecule has 110 valence electrons. The van der Waals surface area contributed by atoms with Gasteiger partial charge in [-0.15, -0.1) is 0 Å². The van der Waals surface area contributed by atoms with Crippen LogP contribution in [-0.2, 0) is 0 Å². The lowest BCUT2D eigenvalue weighted by molar-refractivity contribution is 0.0981. The van der Waals surface area contributed by atoms with Crippen LogP contribution in [0, 0.1) is 0 Å². The van der Waals surface area contributed by atoms with Crippen LogP contribution in [0.4, 0.5) is 0 Å². The predicted octanol–water partition coefficient (Wildman–Crippen LogP) is 2.90. The molecule has 0 atom stereocenters. The van der Waals surface area contributed by atoms with Crippen LogP contribution < -0.4 is 9.47 Å². The molecule has 0 amide bonds. The van der Waals surface area contributed by atoms with E-state index >= 15 is 0 Å². The number of ether oxygens (including phenoxy) is 2. The van der Waals surface area contributed by atoms with Crippen molar-refractivity contribution in [2.45, 2.75) is 6.92 Å². The van der Waals surface area contributed by atoms with E-state index in [1.807, 2.05) is 55.5 Å². The fraction of sp³-hybridized carbons (Fsp3) is 0.176. The van der Waals surface area contributed by atoms with Gasteiger partial charge in [0.25, 0.3) is 0 Å². The van der Waals surface area contributed by atoms with Gasteiger partial charge in [0.2, 0.25) is 0 Å². The fourth-order valence-electron chi connectivity index (χ4n) is 1.96. The molecule has 21 heavy (non-hydrogen) atoms. The van der Waals surface area contributed by atoms with Crippen LogP contribution in [0.15, 0.2) is 48.5 Å². The molecule has 0 heterocycles. The number of rotatable bonds is 6. The van der Waals surface area contributed by atoms with Crippen molar-refractivity contribution in [3.8, 4) is 11.5 Å². The van der Waals surface area contributed by atoms with Crippen molar-refractivity contribution in [3.05, 3.63) is 59.7 Å². The molecule has 0 bridgehead atoms. The molecule has 2 aromatic rings. The third-order valence-corrected chi connectivity index (χ3v) is 3.04. The van der Waals surface area contributed by atoms with E-state index in [0.717, 1.165) is 16.7 Å². The standard InChI is InChI=1S/C17H18O4/c1-13(15-4-8-17(9-5-15)21-12-19)10-14-2-6-16(7-3-14)20-11-18/h2-10,18-19H,11-12H2,1H3/b13-10+. The highest BCUT2D eigenvalue weighted by atomic mass is 16.6. The maximum absolute atomic E-state index is 8.69. The van der Waals surface area contributed by atoms with Crippen molar-refractivity contribution >= 4 is 11.6 Å². The second kappa shape index (κ2) is 7.47. The molecule has 0 saturated carbocycles. The van der Waals surface area contributed by atoms with E-state index in [1.54, 1.807) is 0 Å². The molecule has 2 N–H and O–H groups in total. The Labute approximate surface area is 123 Å². The lowest BCUT2D eigenvalue weighted by Crippen LogP contribution is -1.94. The number of hydrogen-bond acceptors (Lipinski definition) is 4. The maximum atomic E-state index is 8.69. The van der Waals surface area contributed by atoms with E-state index in [4.69, 9.17) is 19.7 Å². The van der Waals surface area contributed by atoms with Gasteiger partial charge in [-0.25, -0.2) is 0 Å². The van der Waals surface area contributed by atoms with Gasteiger partial charge in [0.1, 0.15) is 11.5 Å². The Kier molecular flexibility index (Phi) is 5.37. The average Bonchev–Trinajstić information content (AvgIpc) is 2.50. The molecule has 4 nitrogen and oxygen atoms in total. The van der Waals surface area contributed by atoms with Gasteiger partial charge >= 0.3 is 0 Å². The first kappa shape index (κ1) is 15.1. The molecule has 0 radical (unpaired) electrons. The molecule has 0 aliphatic heterocycles. The summed E-state index contributed by atoms with van der Waals surface area (Å²) >= 11 is 0. The highest BCUT2D eigenvalue weighted by molar-refractivity contribution is 5.80. The first-order chi connectivity index (χ1) is 10.2.